The Balaban J connectivity index is 1.87. The van der Waals surface area contributed by atoms with Gasteiger partial charge < -0.3 is 10.6 Å². The maximum absolute atomic E-state index is 13.0. The Labute approximate surface area is 154 Å². The molecule has 5 heteroatoms. The molecule has 2 atom stereocenters. The van der Waals surface area contributed by atoms with Crippen molar-refractivity contribution in [3.8, 4) is 0 Å². The molecule has 3 nitrogen and oxygen atoms in total. The smallest absolute Gasteiger partial charge is 0.145 e. The Bertz CT molecular complexity index is 839. The number of ketones is 1. The molecule has 2 heterocycles. The van der Waals surface area contributed by atoms with E-state index in [1.54, 1.807) is 11.3 Å². The summed E-state index contributed by atoms with van der Waals surface area (Å²) in [7, 11) is 0. The zero-order valence-electron chi connectivity index (χ0n) is 13.6. The van der Waals surface area contributed by atoms with Crippen LogP contribution in [-0.4, -0.2) is 5.78 Å². The number of nitrogens with one attached hydrogen (secondary N) is 2. The molecule has 0 saturated carbocycles. The summed E-state index contributed by atoms with van der Waals surface area (Å²) in [6.45, 7) is 4.24. The predicted molar refractivity (Wildman–Crippen MR) is 103 cm³/mol. The lowest BCUT2D eigenvalue weighted by atomic mass is 9.73. The molecule has 0 amide bonds. The Morgan fingerprint density at radius 3 is 2.62 bits per heavy atom. The molecular formula is C19H19BrN2OS. The minimum absolute atomic E-state index is 0.0488. The zero-order valence-corrected chi connectivity index (χ0v) is 16.0. The normalized spacial score (nSPS) is 24.8. The maximum atomic E-state index is 13.0. The molecular weight excluding hydrogens is 384 g/mol. The van der Waals surface area contributed by atoms with E-state index in [0.29, 0.717) is 12.2 Å². The lowest BCUT2D eigenvalue weighted by Crippen LogP contribution is -2.36. The van der Waals surface area contributed by atoms with Crippen LogP contribution in [0.2, 0.25) is 0 Å². The van der Waals surface area contributed by atoms with Gasteiger partial charge in [-0.2, -0.15) is 0 Å². The van der Waals surface area contributed by atoms with Crippen molar-refractivity contribution in [3.63, 3.8) is 0 Å². The van der Waals surface area contributed by atoms with Crippen LogP contribution in [0.15, 0.2) is 52.0 Å². The first-order valence-corrected chi connectivity index (χ1v) is 9.67. The Morgan fingerprint density at radius 2 is 1.92 bits per heavy atom. The number of hydrogen-bond donors (Lipinski definition) is 2. The van der Waals surface area contributed by atoms with E-state index in [9.17, 15) is 4.79 Å². The van der Waals surface area contributed by atoms with Gasteiger partial charge in [-0.3, -0.25) is 4.79 Å². The second-order valence-electron chi connectivity index (χ2n) is 7.14. The first-order chi connectivity index (χ1) is 11.4. The minimum Gasteiger partial charge on any atom is -0.375 e. The molecule has 0 saturated heterocycles. The standard InChI is InChI=1S/C19H19BrN2OS/c1-19(2)9-13-17(14(23)10-19)18(15-7-8-16(20)24-15)22-12-6-4-3-5-11(12)21-13/h3-9,17-18,21-22H,10H2,1-2H3. The first kappa shape index (κ1) is 15.9. The van der Waals surface area contributed by atoms with Gasteiger partial charge in [-0.1, -0.05) is 32.1 Å². The molecule has 2 N–H and O–H groups in total. The van der Waals surface area contributed by atoms with Crippen molar-refractivity contribution in [3.05, 3.63) is 56.8 Å². The molecule has 1 aliphatic heterocycles. The molecule has 124 valence electrons. The topological polar surface area (TPSA) is 41.1 Å². The fraction of sp³-hybridized carbons (Fsp3) is 0.316. The van der Waals surface area contributed by atoms with E-state index in [2.05, 4.69) is 64.7 Å². The number of anilines is 2. The highest BCUT2D eigenvalue weighted by Crippen LogP contribution is 2.46. The number of hydrogen-bond acceptors (Lipinski definition) is 4. The van der Waals surface area contributed by atoms with E-state index in [1.807, 2.05) is 18.2 Å². The van der Waals surface area contributed by atoms with E-state index < -0.39 is 0 Å². The number of benzene rings is 1. The fourth-order valence-electron chi connectivity index (χ4n) is 3.63. The summed E-state index contributed by atoms with van der Waals surface area (Å²) < 4.78 is 1.08. The molecule has 0 spiro atoms. The van der Waals surface area contributed by atoms with Crippen LogP contribution in [-0.2, 0) is 4.79 Å². The average Bonchev–Trinajstić information content (AvgIpc) is 2.85. The third-order valence-electron chi connectivity index (χ3n) is 4.61. The van der Waals surface area contributed by atoms with Gasteiger partial charge in [-0.25, -0.2) is 0 Å². The van der Waals surface area contributed by atoms with Crippen molar-refractivity contribution in [2.75, 3.05) is 10.6 Å². The van der Waals surface area contributed by atoms with Crippen LogP contribution in [0.5, 0.6) is 0 Å². The number of carbonyl (C=O) groups excluding carboxylic acids is 1. The van der Waals surface area contributed by atoms with E-state index in [-0.39, 0.29) is 17.4 Å². The largest absolute Gasteiger partial charge is 0.375 e. The molecule has 0 bridgehead atoms. The van der Waals surface area contributed by atoms with Crippen LogP contribution in [0.1, 0.15) is 31.2 Å². The summed E-state index contributed by atoms with van der Waals surface area (Å²) in [6, 6.07) is 12.2. The second kappa shape index (κ2) is 5.74. The highest BCUT2D eigenvalue weighted by atomic mass is 79.9. The third kappa shape index (κ3) is 2.80. The van der Waals surface area contributed by atoms with Crippen LogP contribution in [0.25, 0.3) is 0 Å². The molecule has 24 heavy (non-hydrogen) atoms. The lowest BCUT2D eigenvalue weighted by Gasteiger charge is -2.35. The van der Waals surface area contributed by atoms with Gasteiger partial charge in [0.15, 0.2) is 0 Å². The highest BCUT2D eigenvalue weighted by molar-refractivity contribution is 9.11. The van der Waals surface area contributed by atoms with Crippen LogP contribution in [0, 0.1) is 11.3 Å². The molecule has 2 aliphatic rings. The van der Waals surface area contributed by atoms with E-state index in [4.69, 9.17) is 0 Å². The third-order valence-corrected chi connectivity index (χ3v) is 6.32. The molecule has 1 aliphatic carbocycles. The summed E-state index contributed by atoms with van der Waals surface area (Å²) >= 11 is 5.23. The number of allylic oxidation sites excluding steroid dienone is 1. The molecule has 0 fully saturated rings. The van der Waals surface area contributed by atoms with Crippen LogP contribution < -0.4 is 10.6 Å². The van der Waals surface area contributed by atoms with Gasteiger partial charge in [-0.15, -0.1) is 11.3 Å². The SMILES string of the molecule is CC1(C)C=C2Nc3ccccc3NC(c3ccc(Br)s3)C2C(=O)C1. The molecule has 1 aromatic heterocycles. The lowest BCUT2D eigenvalue weighted by molar-refractivity contribution is -0.124. The number of fused-ring (bicyclic) bond motifs is 2. The van der Waals surface area contributed by atoms with Gasteiger partial charge in [0.2, 0.25) is 0 Å². The van der Waals surface area contributed by atoms with Crippen molar-refractivity contribution >= 4 is 44.4 Å². The fourth-order valence-corrected chi connectivity index (χ4v) is 5.14. The van der Waals surface area contributed by atoms with E-state index >= 15 is 0 Å². The van der Waals surface area contributed by atoms with Crippen molar-refractivity contribution < 1.29 is 4.79 Å². The van der Waals surface area contributed by atoms with Gasteiger partial charge in [0.05, 0.1) is 27.1 Å². The average molecular weight is 403 g/mol. The van der Waals surface area contributed by atoms with Crippen LogP contribution in [0.4, 0.5) is 11.4 Å². The number of rotatable bonds is 1. The predicted octanol–water partition coefficient (Wildman–Crippen LogP) is 5.59. The van der Waals surface area contributed by atoms with Gasteiger partial charge >= 0.3 is 0 Å². The summed E-state index contributed by atoms with van der Waals surface area (Å²) in [5.41, 5.74) is 2.96. The molecule has 2 aromatic rings. The molecule has 0 radical (unpaired) electrons. The first-order valence-electron chi connectivity index (χ1n) is 8.06. The molecule has 2 unspecified atom stereocenters. The van der Waals surface area contributed by atoms with Gasteiger partial charge in [-0.05, 0) is 45.6 Å². The van der Waals surface area contributed by atoms with Crippen LogP contribution in [0.3, 0.4) is 0 Å². The summed E-state index contributed by atoms with van der Waals surface area (Å²) in [6.07, 6.45) is 2.81. The van der Waals surface area contributed by atoms with Crippen molar-refractivity contribution in [1.29, 1.82) is 0 Å². The Morgan fingerprint density at radius 1 is 1.17 bits per heavy atom. The number of para-hydroxylation sites is 2. The Hall–Kier alpha value is -1.59. The van der Waals surface area contributed by atoms with Gasteiger partial charge in [0.25, 0.3) is 0 Å². The zero-order chi connectivity index (χ0) is 16.9. The van der Waals surface area contributed by atoms with E-state index in [0.717, 1.165) is 20.9 Å². The maximum Gasteiger partial charge on any atom is 0.145 e. The second-order valence-corrected chi connectivity index (χ2v) is 9.64. The molecule has 4 rings (SSSR count). The van der Waals surface area contributed by atoms with Crippen molar-refractivity contribution in [1.82, 2.24) is 0 Å². The van der Waals surface area contributed by atoms with Gasteiger partial charge in [0.1, 0.15) is 5.78 Å². The number of halogens is 1. The summed E-state index contributed by atoms with van der Waals surface area (Å²) in [4.78, 5) is 14.2. The number of thiophene rings is 1. The van der Waals surface area contributed by atoms with Crippen LogP contribution >= 0.6 is 27.3 Å². The monoisotopic (exact) mass is 402 g/mol. The Kier molecular flexibility index (Phi) is 3.81. The van der Waals surface area contributed by atoms with Gasteiger partial charge in [0, 0.05) is 17.0 Å². The minimum atomic E-state index is -0.184. The number of carbonyl (C=O) groups is 1. The quantitative estimate of drug-likeness (QED) is 0.652. The number of Topliss-reactive ketones (excluding diaryl/α,β-unsaturated/α-hetero) is 1. The van der Waals surface area contributed by atoms with Crippen molar-refractivity contribution in [2.24, 2.45) is 11.3 Å². The summed E-state index contributed by atoms with van der Waals surface area (Å²) in [5.74, 6) is 0.107. The van der Waals surface area contributed by atoms with Crippen molar-refractivity contribution in [2.45, 2.75) is 26.3 Å². The molecule has 1 aromatic carbocycles. The van der Waals surface area contributed by atoms with E-state index in [1.165, 1.54) is 4.88 Å². The highest BCUT2D eigenvalue weighted by Gasteiger charge is 2.42. The summed E-state index contributed by atoms with van der Waals surface area (Å²) in [5, 5.41) is 7.14.